The second-order valence-electron chi connectivity index (χ2n) is 4.96. The van der Waals surface area contributed by atoms with Gasteiger partial charge in [0, 0.05) is 10.9 Å². The zero-order valence-electron chi connectivity index (χ0n) is 11.5. The van der Waals surface area contributed by atoms with Crippen LogP contribution in [0.4, 0.5) is 0 Å². The molecule has 0 saturated carbocycles. The van der Waals surface area contributed by atoms with Crippen molar-refractivity contribution in [3.8, 4) is 0 Å². The van der Waals surface area contributed by atoms with Crippen molar-refractivity contribution in [3.05, 3.63) is 0 Å². The molecule has 7 atom stereocenters. The zero-order valence-corrected chi connectivity index (χ0v) is 13.1. The molecular weight excluding hydrogens is 344 g/mol. The molecule has 1 aliphatic heterocycles. The van der Waals surface area contributed by atoms with Crippen LogP contribution in [-0.2, 0) is 25.5 Å². The van der Waals surface area contributed by atoms with Gasteiger partial charge in [-0.05, 0) is 0 Å². The van der Waals surface area contributed by atoms with Crippen LogP contribution in [0.1, 0.15) is 0 Å². The smallest absolute Gasteiger partial charge is 0.394 e. The van der Waals surface area contributed by atoms with Crippen molar-refractivity contribution < 1.29 is 47.8 Å². The molecular formula is C10H21O10S2+. The summed E-state index contributed by atoms with van der Waals surface area (Å²) >= 11 is 0. The second kappa shape index (κ2) is 8.19. The van der Waals surface area contributed by atoms with Gasteiger partial charge in [0.05, 0.1) is 13.2 Å². The van der Waals surface area contributed by atoms with Crippen molar-refractivity contribution in [2.75, 3.05) is 24.7 Å². The van der Waals surface area contributed by atoms with E-state index in [-0.39, 0.29) is 11.5 Å². The van der Waals surface area contributed by atoms with Crippen LogP contribution in [0, 0.1) is 0 Å². The normalized spacial score (nSPS) is 33.6. The molecule has 12 heteroatoms. The molecule has 1 rings (SSSR count). The number of aliphatic hydroxyl groups is 6. The predicted octanol–water partition coefficient (Wildman–Crippen LogP) is -4.40. The van der Waals surface area contributed by atoms with Gasteiger partial charge >= 0.3 is 10.4 Å². The molecule has 0 radical (unpaired) electrons. The first-order valence-electron chi connectivity index (χ1n) is 6.36. The lowest BCUT2D eigenvalue weighted by Crippen LogP contribution is -2.46. The summed E-state index contributed by atoms with van der Waals surface area (Å²) in [6.45, 7) is -1.55. The molecule has 132 valence electrons. The molecule has 0 aromatic rings. The molecule has 0 aliphatic carbocycles. The topological polar surface area (TPSA) is 185 Å². The van der Waals surface area contributed by atoms with Crippen LogP contribution in [0.15, 0.2) is 0 Å². The Bertz CT molecular complexity index is 443. The van der Waals surface area contributed by atoms with Gasteiger partial charge in [0.25, 0.3) is 0 Å². The first kappa shape index (κ1) is 20.0. The molecule has 1 aliphatic rings. The van der Waals surface area contributed by atoms with Gasteiger partial charge in [-0.25, -0.2) is 4.18 Å². The molecule has 7 N–H and O–H groups in total. The quantitative estimate of drug-likeness (QED) is 0.164. The summed E-state index contributed by atoms with van der Waals surface area (Å²) in [6, 6.07) is 0. The largest absolute Gasteiger partial charge is 0.397 e. The first-order valence-corrected chi connectivity index (χ1v) is 9.35. The average Bonchev–Trinajstić information content (AvgIpc) is 2.69. The number of hydrogen-bond acceptors (Lipinski definition) is 9. The third-order valence-electron chi connectivity index (χ3n) is 3.31. The van der Waals surface area contributed by atoms with E-state index < -0.39 is 70.3 Å². The molecule has 1 fully saturated rings. The highest BCUT2D eigenvalue weighted by Gasteiger charge is 2.54. The van der Waals surface area contributed by atoms with Crippen LogP contribution in [0.3, 0.4) is 0 Å². The molecule has 10 nitrogen and oxygen atoms in total. The minimum Gasteiger partial charge on any atom is -0.394 e. The van der Waals surface area contributed by atoms with Gasteiger partial charge in [-0.3, -0.25) is 4.55 Å². The first-order chi connectivity index (χ1) is 10.1. The molecule has 1 unspecified atom stereocenters. The minimum absolute atomic E-state index is 0.0317. The average molecular weight is 365 g/mol. The molecule has 0 amide bonds. The molecule has 0 aromatic heterocycles. The van der Waals surface area contributed by atoms with E-state index in [1.807, 2.05) is 0 Å². The van der Waals surface area contributed by atoms with Gasteiger partial charge < -0.3 is 30.6 Å². The highest BCUT2D eigenvalue weighted by Crippen LogP contribution is 2.28. The standard InChI is InChI=1S/C10H20O10S2/c11-1-5(13)10-9(16)7(15)4-21(10)3-6(14)8(2-12)20-22(17,18)19/h5-16H,1-4H2/p+1/t5-,6-,7-,8+,9+,10-,21?/m0/s1. The van der Waals surface area contributed by atoms with E-state index in [2.05, 4.69) is 4.18 Å². The summed E-state index contributed by atoms with van der Waals surface area (Å²) in [7, 11) is -5.84. The Morgan fingerprint density at radius 1 is 1.18 bits per heavy atom. The Kier molecular flexibility index (Phi) is 7.45. The highest BCUT2D eigenvalue weighted by molar-refractivity contribution is 7.97. The van der Waals surface area contributed by atoms with Gasteiger partial charge in [-0.15, -0.1) is 0 Å². The minimum atomic E-state index is -4.88. The third-order valence-corrected chi connectivity index (χ3v) is 6.70. The van der Waals surface area contributed by atoms with E-state index in [9.17, 15) is 28.8 Å². The van der Waals surface area contributed by atoms with Crippen molar-refractivity contribution >= 4 is 21.3 Å². The van der Waals surface area contributed by atoms with Crippen molar-refractivity contribution in [3.63, 3.8) is 0 Å². The monoisotopic (exact) mass is 365 g/mol. The SMILES string of the molecule is O=S(=O)(O)O[C@H](CO)[C@@H](O)C[S+]1C[C@H](O)[C@@H](O)[C@@H]1[C@@H](O)CO. The van der Waals surface area contributed by atoms with Crippen LogP contribution in [0.5, 0.6) is 0 Å². The van der Waals surface area contributed by atoms with Crippen molar-refractivity contribution in [1.82, 2.24) is 0 Å². The molecule has 22 heavy (non-hydrogen) atoms. The van der Waals surface area contributed by atoms with Crippen LogP contribution in [0.25, 0.3) is 0 Å². The predicted molar refractivity (Wildman–Crippen MR) is 75.5 cm³/mol. The maximum atomic E-state index is 10.6. The van der Waals surface area contributed by atoms with Crippen LogP contribution in [-0.4, -0.2) is 104 Å². The Morgan fingerprint density at radius 2 is 1.77 bits per heavy atom. The van der Waals surface area contributed by atoms with Crippen molar-refractivity contribution in [2.45, 2.75) is 35.8 Å². The van der Waals surface area contributed by atoms with Gasteiger partial charge in [0.15, 0.2) is 5.25 Å². The fourth-order valence-corrected chi connectivity index (χ4v) is 5.75. The summed E-state index contributed by atoms with van der Waals surface area (Å²) < 4.78 is 33.9. The van der Waals surface area contributed by atoms with E-state index in [1.165, 1.54) is 0 Å². The Balaban J connectivity index is 2.77. The molecule has 0 bridgehead atoms. The summed E-state index contributed by atoms with van der Waals surface area (Å²) in [5.41, 5.74) is 0. The lowest BCUT2D eigenvalue weighted by molar-refractivity contribution is -0.0000662. The van der Waals surface area contributed by atoms with Gasteiger partial charge in [-0.2, -0.15) is 8.42 Å². The van der Waals surface area contributed by atoms with Crippen molar-refractivity contribution in [2.24, 2.45) is 0 Å². The van der Waals surface area contributed by atoms with Gasteiger partial charge in [0.2, 0.25) is 0 Å². The third kappa shape index (κ3) is 5.26. The van der Waals surface area contributed by atoms with E-state index >= 15 is 0 Å². The molecule has 0 spiro atoms. The fourth-order valence-electron chi connectivity index (χ4n) is 2.28. The van der Waals surface area contributed by atoms with E-state index in [0.717, 1.165) is 0 Å². The van der Waals surface area contributed by atoms with Gasteiger partial charge in [0.1, 0.15) is 42.0 Å². The summed E-state index contributed by atoms with van der Waals surface area (Å²) in [6.07, 6.45) is -6.92. The number of hydrogen-bond donors (Lipinski definition) is 7. The molecule has 0 aromatic carbocycles. The number of rotatable bonds is 8. The van der Waals surface area contributed by atoms with E-state index in [4.69, 9.17) is 14.8 Å². The summed E-state index contributed by atoms with van der Waals surface area (Å²) in [5, 5.41) is 56.2. The Hall–Kier alpha value is -0.0200. The second-order valence-corrected chi connectivity index (χ2v) is 8.29. The molecule has 1 saturated heterocycles. The van der Waals surface area contributed by atoms with Crippen molar-refractivity contribution in [1.29, 1.82) is 0 Å². The fraction of sp³-hybridized carbons (Fsp3) is 1.00. The summed E-state index contributed by atoms with van der Waals surface area (Å²) in [4.78, 5) is 0. The van der Waals surface area contributed by atoms with Crippen LogP contribution >= 0.6 is 0 Å². The maximum absolute atomic E-state index is 10.6. The zero-order chi connectivity index (χ0) is 17.1. The lowest BCUT2D eigenvalue weighted by atomic mass is 10.1. The summed E-state index contributed by atoms with van der Waals surface area (Å²) in [5.74, 6) is -0.166. The van der Waals surface area contributed by atoms with E-state index in [0.29, 0.717) is 0 Å². The molecule has 1 heterocycles. The van der Waals surface area contributed by atoms with Gasteiger partial charge in [-0.1, -0.05) is 0 Å². The van der Waals surface area contributed by atoms with Crippen LogP contribution in [0.2, 0.25) is 0 Å². The Morgan fingerprint density at radius 3 is 2.23 bits per heavy atom. The maximum Gasteiger partial charge on any atom is 0.397 e. The lowest BCUT2D eigenvalue weighted by Gasteiger charge is -2.22. The van der Waals surface area contributed by atoms with E-state index in [1.54, 1.807) is 0 Å². The number of aliphatic hydroxyl groups excluding tert-OH is 6. The highest BCUT2D eigenvalue weighted by atomic mass is 32.3. The Labute approximate surface area is 130 Å². The van der Waals surface area contributed by atoms with Crippen LogP contribution < -0.4 is 0 Å².